The quantitative estimate of drug-likeness (QED) is 0.579. The molecule has 0 aromatic heterocycles. The molecule has 0 saturated carbocycles. The molecule has 4 N–H and O–H groups in total. The van der Waals surface area contributed by atoms with Crippen molar-refractivity contribution in [2.75, 3.05) is 17.3 Å². The number of nitrogens with one attached hydrogen (secondary N) is 2. The summed E-state index contributed by atoms with van der Waals surface area (Å²) >= 11 is 5.88. The van der Waals surface area contributed by atoms with Crippen LogP contribution in [0, 0.1) is 0 Å². The van der Waals surface area contributed by atoms with Crippen LogP contribution in [-0.4, -0.2) is 15.5 Å². The van der Waals surface area contributed by atoms with Gasteiger partial charge in [0, 0.05) is 5.02 Å². The summed E-state index contributed by atoms with van der Waals surface area (Å²) in [5.74, 6) is 5.70. The molecule has 0 radical (unpaired) electrons. The normalized spacial score (nSPS) is 11.0. The Morgan fingerprint density at radius 1 is 1.14 bits per heavy atom. The number of rotatable bonds is 5. The molecule has 112 valence electrons. The van der Waals surface area contributed by atoms with Crippen molar-refractivity contribution in [2.45, 2.75) is 4.90 Å². The molecule has 0 amide bonds. The number of methoxy groups -OCH3 is 1. The maximum Gasteiger partial charge on any atom is 0.264 e. The summed E-state index contributed by atoms with van der Waals surface area (Å²) in [7, 11) is -2.40. The number of hydrazine groups is 1. The minimum Gasteiger partial charge on any atom is -0.495 e. The van der Waals surface area contributed by atoms with Gasteiger partial charge in [-0.2, -0.15) is 0 Å². The third-order valence-corrected chi connectivity index (χ3v) is 4.40. The van der Waals surface area contributed by atoms with Gasteiger partial charge >= 0.3 is 0 Å². The summed E-state index contributed by atoms with van der Waals surface area (Å²) in [6.45, 7) is 0. The van der Waals surface area contributed by atoms with E-state index in [9.17, 15) is 8.42 Å². The first-order valence-corrected chi connectivity index (χ1v) is 7.76. The molecule has 0 aliphatic rings. The lowest BCUT2D eigenvalue weighted by atomic mass is 10.3. The highest BCUT2D eigenvalue weighted by Crippen LogP contribution is 2.31. The van der Waals surface area contributed by atoms with Crippen molar-refractivity contribution in [3.05, 3.63) is 47.5 Å². The first-order valence-electron chi connectivity index (χ1n) is 5.90. The summed E-state index contributed by atoms with van der Waals surface area (Å²) in [6, 6.07) is 10.9. The number of halogens is 1. The average Bonchev–Trinajstić information content (AvgIpc) is 2.47. The lowest BCUT2D eigenvalue weighted by molar-refractivity contribution is 0.417. The van der Waals surface area contributed by atoms with E-state index in [1.807, 2.05) is 0 Å². The Kier molecular flexibility index (Phi) is 4.56. The van der Waals surface area contributed by atoms with Crippen molar-refractivity contribution in [3.8, 4) is 5.75 Å². The average molecular weight is 328 g/mol. The molecule has 0 spiro atoms. The van der Waals surface area contributed by atoms with Crippen LogP contribution in [0.1, 0.15) is 0 Å². The summed E-state index contributed by atoms with van der Waals surface area (Å²) in [5.41, 5.74) is 2.88. The zero-order valence-corrected chi connectivity index (χ0v) is 12.7. The second-order valence-corrected chi connectivity index (χ2v) is 6.18. The first-order chi connectivity index (χ1) is 9.97. The molecule has 0 fully saturated rings. The molecule has 0 unspecified atom stereocenters. The van der Waals surface area contributed by atoms with Gasteiger partial charge in [0.25, 0.3) is 10.0 Å². The van der Waals surface area contributed by atoms with E-state index in [0.717, 1.165) is 0 Å². The van der Waals surface area contributed by atoms with Crippen LogP contribution < -0.4 is 20.7 Å². The molecule has 0 heterocycles. The fourth-order valence-electron chi connectivity index (χ4n) is 1.78. The number of hydrogen-bond acceptors (Lipinski definition) is 5. The molecule has 0 atom stereocenters. The molecule has 2 aromatic rings. The van der Waals surface area contributed by atoms with Gasteiger partial charge in [-0.05, 0) is 30.3 Å². The highest BCUT2D eigenvalue weighted by molar-refractivity contribution is 7.92. The minimum atomic E-state index is -3.84. The SMILES string of the molecule is COc1ccc(Cl)cc1NS(=O)(=O)c1ccccc1NN. The van der Waals surface area contributed by atoms with Crippen LogP contribution in [0.5, 0.6) is 5.75 Å². The number of hydrogen-bond donors (Lipinski definition) is 3. The predicted octanol–water partition coefficient (Wildman–Crippen LogP) is 2.43. The van der Waals surface area contributed by atoms with Gasteiger partial charge in [-0.1, -0.05) is 23.7 Å². The van der Waals surface area contributed by atoms with Crippen molar-refractivity contribution < 1.29 is 13.2 Å². The van der Waals surface area contributed by atoms with Gasteiger partial charge in [0.05, 0.1) is 18.5 Å². The Morgan fingerprint density at radius 3 is 2.52 bits per heavy atom. The van der Waals surface area contributed by atoms with E-state index >= 15 is 0 Å². The number of anilines is 2. The van der Waals surface area contributed by atoms with E-state index in [1.165, 1.54) is 19.2 Å². The molecule has 2 aromatic carbocycles. The van der Waals surface area contributed by atoms with E-state index < -0.39 is 10.0 Å². The van der Waals surface area contributed by atoms with Crippen LogP contribution in [0.3, 0.4) is 0 Å². The van der Waals surface area contributed by atoms with Crippen molar-refractivity contribution in [1.29, 1.82) is 0 Å². The second kappa shape index (κ2) is 6.21. The van der Waals surface area contributed by atoms with E-state index in [1.54, 1.807) is 30.3 Å². The highest BCUT2D eigenvalue weighted by Gasteiger charge is 2.19. The molecule has 0 aliphatic heterocycles. The van der Waals surface area contributed by atoms with Crippen LogP contribution in [0.15, 0.2) is 47.4 Å². The lowest BCUT2D eigenvalue weighted by Gasteiger charge is -2.14. The van der Waals surface area contributed by atoms with Crippen molar-refractivity contribution in [3.63, 3.8) is 0 Å². The maximum absolute atomic E-state index is 12.5. The molecule has 6 nitrogen and oxygen atoms in total. The molecule has 21 heavy (non-hydrogen) atoms. The van der Waals surface area contributed by atoms with Crippen molar-refractivity contribution in [1.82, 2.24) is 0 Å². The number of nitrogens with two attached hydrogens (primary N) is 1. The molecule has 0 saturated heterocycles. The molecular formula is C13H14ClN3O3S. The lowest BCUT2D eigenvalue weighted by Crippen LogP contribution is -2.17. The summed E-state index contributed by atoms with van der Waals surface area (Å²) in [4.78, 5) is 0.0227. The third-order valence-electron chi connectivity index (χ3n) is 2.74. The van der Waals surface area contributed by atoms with Gasteiger partial charge < -0.3 is 10.2 Å². The van der Waals surface area contributed by atoms with Gasteiger partial charge in [-0.3, -0.25) is 10.6 Å². The zero-order valence-electron chi connectivity index (χ0n) is 11.1. The fraction of sp³-hybridized carbons (Fsp3) is 0.0769. The van der Waals surface area contributed by atoms with Crippen LogP contribution >= 0.6 is 11.6 Å². The summed E-state index contributed by atoms with van der Waals surface area (Å²) in [6.07, 6.45) is 0. The van der Waals surface area contributed by atoms with E-state index in [0.29, 0.717) is 10.8 Å². The number of nitrogen functional groups attached to an aromatic ring is 1. The van der Waals surface area contributed by atoms with Gasteiger partial charge in [0.15, 0.2) is 0 Å². The number of para-hydroxylation sites is 1. The Labute approximate surface area is 127 Å². The smallest absolute Gasteiger partial charge is 0.264 e. The van der Waals surface area contributed by atoms with E-state index in [4.69, 9.17) is 22.2 Å². The van der Waals surface area contributed by atoms with Crippen LogP contribution in [-0.2, 0) is 10.0 Å². The summed E-state index contributed by atoms with van der Waals surface area (Å²) < 4.78 is 32.5. The zero-order chi connectivity index (χ0) is 15.5. The number of benzene rings is 2. The van der Waals surface area contributed by atoms with Crippen LogP contribution in [0.4, 0.5) is 11.4 Å². The standard InChI is InChI=1S/C13H14ClN3O3S/c1-20-12-7-6-9(14)8-11(12)17-21(18,19)13-5-3-2-4-10(13)16-15/h2-8,16-17H,15H2,1H3. The van der Waals surface area contributed by atoms with Crippen LogP contribution in [0.2, 0.25) is 5.02 Å². The molecule has 0 aliphatic carbocycles. The topological polar surface area (TPSA) is 93.4 Å². The first kappa shape index (κ1) is 15.4. The van der Waals surface area contributed by atoms with Gasteiger partial charge in [-0.15, -0.1) is 0 Å². The Morgan fingerprint density at radius 2 is 1.86 bits per heavy atom. The Hall–Kier alpha value is -1.96. The minimum absolute atomic E-state index is 0.0227. The largest absolute Gasteiger partial charge is 0.495 e. The van der Waals surface area contributed by atoms with Crippen LogP contribution in [0.25, 0.3) is 0 Å². The van der Waals surface area contributed by atoms with Gasteiger partial charge in [0.1, 0.15) is 10.6 Å². The number of sulfonamides is 1. The fourth-order valence-corrected chi connectivity index (χ4v) is 3.19. The molecule has 2 rings (SSSR count). The second-order valence-electron chi connectivity index (χ2n) is 4.09. The molecule has 8 heteroatoms. The van der Waals surface area contributed by atoms with Crippen molar-refractivity contribution in [2.24, 2.45) is 5.84 Å². The molecule has 0 bridgehead atoms. The highest BCUT2D eigenvalue weighted by atomic mass is 35.5. The number of ether oxygens (including phenoxy) is 1. The monoisotopic (exact) mass is 327 g/mol. The maximum atomic E-state index is 12.5. The van der Waals surface area contributed by atoms with Gasteiger partial charge in [-0.25, -0.2) is 8.42 Å². The molecular weight excluding hydrogens is 314 g/mol. The van der Waals surface area contributed by atoms with Crippen molar-refractivity contribution >= 4 is 33.0 Å². The van der Waals surface area contributed by atoms with Gasteiger partial charge in [0.2, 0.25) is 0 Å². The van der Waals surface area contributed by atoms with E-state index in [-0.39, 0.29) is 16.3 Å². The third kappa shape index (κ3) is 3.38. The van der Waals surface area contributed by atoms with E-state index in [2.05, 4.69) is 10.1 Å². The Bertz CT molecular complexity index is 750. The predicted molar refractivity (Wildman–Crippen MR) is 83.1 cm³/mol. The summed E-state index contributed by atoms with van der Waals surface area (Å²) in [5, 5.41) is 0.388. The Balaban J connectivity index is 2.45.